The molecule has 0 N–H and O–H groups in total. The molecule has 22 heavy (non-hydrogen) atoms. The molecule has 1 aliphatic rings. The number of aliphatic imine (C=N–C) groups is 1. The molecule has 0 saturated carbocycles. The Hall–Kier alpha value is -2.60. The maximum Gasteiger partial charge on any atom is 0.363 e. The molecule has 0 atom stereocenters. The minimum Gasteiger partial charge on any atom is -0.402 e. The molecule has 110 valence electrons. The molecular formula is C15H7ClF2N2O2. The summed E-state index contributed by atoms with van der Waals surface area (Å²) in [4.78, 5) is 19.7. The molecule has 0 saturated heterocycles. The van der Waals surface area contributed by atoms with E-state index in [1.807, 2.05) is 0 Å². The van der Waals surface area contributed by atoms with E-state index in [0.29, 0.717) is 5.56 Å². The number of pyridine rings is 1. The number of aromatic nitrogens is 1. The highest BCUT2D eigenvalue weighted by atomic mass is 35.5. The summed E-state index contributed by atoms with van der Waals surface area (Å²) in [5.74, 6) is -3.09. The van der Waals surface area contributed by atoms with E-state index in [1.165, 1.54) is 6.08 Å². The number of hydrogen-bond acceptors (Lipinski definition) is 4. The van der Waals surface area contributed by atoms with Crippen molar-refractivity contribution in [2.75, 3.05) is 0 Å². The summed E-state index contributed by atoms with van der Waals surface area (Å²) in [5.41, 5.74) is 0.670. The third kappa shape index (κ3) is 2.73. The van der Waals surface area contributed by atoms with E-state index in [1.54, 1.807) is 24.5 Å². The monoisotopic (exact) mass is 320 g/mol. The highest BCUT2D eigenvalue weighted by Crippen LogP contribution is 2.25. The van der Waals surface area contributed by atoms with Crippen LogP contribution in [0.15, 0.2) is 47.3 Å². The van der Waals surface area contributed by atoms with E-state index in [2.05, 4.69) is 9.98 Å². The maximum atomic E-state index is 13.3. The SMILES string of the molecule is O=C1OC(c2cc(F)c(F)cc2Cl)=N/C1=C/c1cccnc1. The number of benzene rings is 1. The third-order valence-corrected chi connectivity index (χ3v) is 3.16. The van der Waals surface area contributed by atoms with Crippen LogP contribution in [0.5, 0.6) is 0 Å². The molecule has 0 spiro atoms. The van der Waals surface area contributed by atoms with Crippen molar-refractivity contribution in [1.82, 2.24) is 4.98 Å². The Morgan fingerprint density at radius 1 is 1.23 bits per heavy atom. The van der Waals surface area contributed by atoms with Crippen LogP contribution in [0.3, 0.4) is 0 Å². The summed E-state index contributed by atoms with van der Waals surface area (Å²) in [6.45, 7) is 0. The number of carbonyl (C=O) groups is 1. The van der Waals surface area contributed by atoms with Crippen LogP contribution in [-0.4, -0.2) is 16.9 Å². The van der Waals surface area contributed by atoms with Crippen LogP contribution in [-0.2, 0) is 9.53 Å². The molecule has 0 fully saturated rings. The lowest BCUT2D eigenvalue weighted by molar-refractivity contribution is -0.129. The Labute approximate surface area is 128 Å². The number of hydrogen-bond donors (Lipinski definition) is 0. The van der Waals surface area contributed by atoms with Gasteiger partial charge in [0.15, 0.2) is 17.3 Å². The largest absolute Gasteiger partial charge is 0.402 e. The zero-order valence-corrected chi connectivity index (χ0v) is 11.6. The van der Waals surface area contributed by atoms with Gasteiger partial charge < -0.3 is 4.74 Å². The number of halogens is 3. The number of esters is 1. The van der Waals surface area contributed by atoms with Crippen LogP contribution in [0.1, 0.15) is 11.1 Å². The summed E-state index contributed by atoms with van der Waals surface area (Å²) in [6, 6.07) is 5.05. The first-order chi connectivity index (χ1) is 10.5. The molecule has 1 aliphatic heterocycles. The fourth-order valence-corrected chi connectivity index (χ4v) is 2.06. The molecule has 0 radical (unpaired) electrons. The zero-order valence-electron chi connectivity index (χ0n) is 10.9. The van der Waals surface area contributed by atoms with Crippen molar-refractivity contribution in [1.29, 1.82) is 0 Å². The molecule has 3 rings (SSSR count). The minimum atomic E-state index is -1.11. The number of cyclic esters (lactones) is 1. The predicted molar refractivity (Wildman–Crippen MR) is 76.2 cm³/mol. The molecule has 2 aromatic rings. The first kappa shape index (κ1) is 14.3. The molecule has 0 amide bonds. The minimum absolute atomic E-state index is 0.00324. The van der Waals surface area contributed by atoms with E-state index in [-0.39, 0.29) is 22.2 Å². The molecule has 2 heterocycles. The fourth-order valence-electron chi connectivity index (χ4n) is 1.83. The van der Waals surface area contributed by atoms with Gasteiger partial charge in [-0.3, -0.25) is 4.98 Å². The standard InChI is InChI=1S/C15H7ClF2N2O2/c16-10-6-12(18)11(17)5-9(10)14-20-13(15(21)22-14)4-8-2-1-3-19-7-8/h1-7H/b13-4+. The fraction of sp³-hybridized carbons (Fsp3) is 0. The van der Waals surface area contributed by atoms with Gasteiger partial charge in [0.25, 0.3) is 0 Å². The normalized spacial score (nSPS) is 15.9. The van der Waals surface area contributed by atoms with Gasteiger partial charge >= 0.3 is 5.97 Å². The van der Waals surface area contributed by atoms with Gasteiger partial charge in [0.05, 0.1) is 10.6 Å². The predicted octanol–water partition coefficient (Wildman–Crippen LogP) is 3.36. The molecule has 0 unspecified atom stereocenters. The Balaban J connectivity index is 2.00. The Bertz CT molecular complexity index is 820. The van der Waals surface area contributed by atoms with Crippen molar-refractivity contribution in [2.24, 2.45) is 4.99 Å². The van der Waals surface area contributed by atoms with Crippen molar-refractivity contribution < 1.29 is 18.3 Å². The highest BCUT2D eigenvalue weighted by molar-refractivity contribution is 6.34. The molecular weight excluding hydrogens is 314 g/mol. The average Bonchev–Trinajstić information content (AvgIpc) is 2.85. The lowest BCUT2D eigenvalue weighted by atomic mass is 10.2. The second-order valence-electron chi connectivity index (χ2n) is 4.37. The Morgan fingerprint density at radius 2 is 2.00 bits per heavy atom. The lowest BCUT2D eigenvalue weighted by Gasteiger charge is -2.03. The number of nitrogens with zero attached hydrogens (tertiary/aromatic N) is 2. The van der Waals surface area contributed by atoms with E-state index < -0.39 is 17.6 Å². The first-order valence-electron chi connectivity index (χ1n) is 6.12. The molecule has 1 aromatic carbocycles. The van der Waals surface area contributed by atoms with Crippen LogP contribution in [0, 0.1) is 11.6 Å². The molecule has 7 heteroatoms. The number of carbonyl (C=O) groups excluding carboxylic acids is 1. The van der Waals surface area contributed by atoms with Gasteiger partial charge in [-0.2, -0.15) is 0 Å². The quantitative estimate of drug-likeness (QED) is 0.484. The summed E-state index contributed by atoms with van der Waals surface area (Å²) in [6.07, 6.45) is 4.60. The van der Waals surface area contributed by atoms with Gasteiger partial charge in [-0.05, 0) is 29.8 Å². The summed E-state index contributed by atoms with van der Waals surface area (Å²) >= 11 is 5.83. The molecule has 4 nitrogen and oxygen atoms in total. The van der Waals surface area contributed by atoms with Crippen LogP contribution in [0.4, 0.5) is 8.78 Å². The van der Waals surface area contributed by atoms with Crippen LogP contribution in [0.25, 0.3) is 6.08 Å². The van der Waals surface area contributed by atoms with Crippen molar-refractivity contribution >= 4 is 29.5 Å². The zero-order chi connectivity index (χ0) is 15.7. The third-order valence-electron chi connectivity index (χ3n) is 2.85. The van der Waals surface area contributed by atoms with Crippen molar-refractivity contribution in [3.05, 3.63) is 70.1 Å². The first-order valence-corrected chi connectivity index (χ1v) is 6.50. The topological polar surface area (TPSA) is 51.5 Å². The van der Waals surface area contributed by atoms with Gasteiger partial charge in [-0.15, -0.1) is 0 Å². The van der Waals surface area contributed by atoms with Gasteiger partial charge in [0.2, 0.25) is 5.90 Å². The van der Waals surface area contributed by atoms with Gasteiger partial charge in [-0.25, -0.2) is 18.6 Å². The van der Waals surface area contributed by atoms with Gasteiger partial charge in [-0.1, -0.05) is 17.7 Å². The smallest absolute Gasteiger partial charge is 0.363 e. The van der Waals surface area contributed by atoms with E-state index in [0.717, 1.165) is 12.1 Å². The summed E-state index contributed by atoms with van der Waals surface area (Å²) < 4.78 is 31.3. The van der Waals surface area contributed by atoms with E-state index in [4.69, 9.17) is 16.3 Å². The van der Waals surface area contributed by atoms with Crippen LogP contribution >= 0.6 is 11.6 Å². The summed E-state index contributed by atoms with van der Waals surface area (Å²) in [7, 11) is 0. The summed E-state index contributed by atoms with van der Waals surface area (Å²) in [5, 5.41) is -0.104. The van der Waals surface area contributed by atoms with Crippen molar-refractivity contribution in [3.8, 4) is 0 Å². The Kier molecular flexibility index (Phi) is 3.68. The van der Waals surface area contributed by atoms with E-state index >= 15 is 0 Å². The highest BCUT2D eigenvalue weighted by Gasteiger charge is 2.26. The molecule has 0 aliphatic carbocycles. The lowest BCUT2D eigenvalue weighted by Crippen LogP contribution is -2.07. The maximum absolute atomic E-state index is 13.3. The van der Waals surface area contributed by atoms with Crippen LogP contribution in [0.2, 0.25) is 5.02 Å². The van der Waals surface area contributed by atoms with Gasteiger partial charge in [0, 0.05) is 12.4 Å². The Morgan fingerprint density at radius 3 is 2.73 bits per heavy atom. The van der Waals surface area contributed by atoms with Gasteiger partial charge in [0.1, 0.15) is 0 Å². The van der Waals surface area contributed by atoms with Crippen molar-refractivity contribution in [2.45, 2.75) is 0 Å². The molecule has 0 bridgehead atoms. The second-order valence-corrected chi connectivity index (χ2v) is 4.78. The van der Waals surface area contributed by atoms with Crippen LogP contribution < -0.4 is 0 Å². The average molecular weight is 321 g/mol. The second kappa shape index (κ2) is 5.65. The molecule has 1 aromatic heterocycles. The van der Waals surface area contributed by atoms with E-state index in [9.17, 15) is 13.6 Å². The number of rotatable bonds is 2. The number of ether oxygens (including phenoxy) is 1. The van der Waals surface area contributed by atoms with Crippen molar-refractivity contribution in [3.63, 3.8) is 0 Å².